The smallest absolute Gasteiger partial charge is 0.352 e. The van der Waals surface area contributed by atoms with E-state index in [1.165, 1.54) is 30.3 Å². The first kappa shape index (κ1) is 27.2. The van der Waals surface area contributed by atoms with E-state index < -0.39 is 17.2 Å². The first-order valence-electron chi connectivity index (χ1n) is 16.1. The second-order valence-corrected chi connectivity index (χ2v) is 15.1. The number of hydrogen-bond donors (Lipinski definition) is 1. The summed E-state index contributed by atoms with van der Waals surface area (Å²) in [5.74, 6) is 2.44. The summed E-state index contributed by atoms with van der Waals surface area (Å²) in [5.41, 5.74) is -1.55. The van der Waals surface area contributed by atoms with E-state index in [9.17, 15) is 14.7 Å². The Labute approximate surface area is 243 Å². The molecule has 2 aliphatic heterocycles. The molecule has 6 heteroatoms. The van der Waals surface area contributed by atoms with Crippen LogP contribution in [0, 0.1) is 40.4 Å². The summed E-state index contributed by atoms with van der Waals surface area (Å²) in [4.78, 5) is 29.1. The fourth-order valence-corrected chi connectivity index (χ4v) is 11.0. The lowest BCUT2D eigenvalue weighted by molar-refractivity contribution is -0.167. The summed E-state index contributed by atoms with van der Waals surface area (Å²) in [6.07, 6.45) is 16.7. The molecule has 9 atom stereocenters. The van der Waals surface area contributed by atoms with Gasteiger partial charge in [-0.1, -0.05) is 96.4 Å². The minimum Gasteiger partial charge on any atom is -0.389 e. The number of nitrogens with zero attached hydrogens (tertiary/aromatic N) is 3. The summed E-state index contributed by atoms with van der Waals surface area (Å²) in [5, 5.41) is 10.9. The van der Waals surface area contributed by atoms with Gasteiger partial charge in [0.1, 0.15) is 0 Å². The largest absolute Gasteiger partial charge is 0.389 e. The van der Waals surface area contributed by atoms with Crippen molar-refractivity contribution in [1.82, 2.24) is 13.9 Å². The first-order chi connectivity index (χ1) is 19.5. The third-order valence-corrected chi connectivity index (χ3v) is 12.8. The van der Waals surface area contributed by atoms with Crippen LogP contribution in [-0.4, -0.2) is 25.1 Å². The molecule has 4 aliphatic carbocycles. The van der Waals surface area contributed by atoms with Crippen LogP contribution in [-0.2, 0) is 11.1 Å². The second kappa shape index (κ2) is 8.95. The van der Waals surface area contributed by atoms with Gasteiger partial charge in [0, 0.05) is 11.8 Å². The highest BCUT2D eigenvalue weighted by Gasteiger charge is 2.74. The standard InChI is InChI=1S/C35H47N3O3/c1-23(2)10-9-11-24(3)27-14-15-28-32(27,4)18-17-29-33(5)19-16-26(39)22-34(33)20-21-35(28,29)38-31(41)36(30(40)37(34)38)25-12-7-6-8-13-25/h6-8,12-13,16,19-21,23-24,26-29,39H,9-11,14-15,17-18,22H2,1-5H3/t24-,26+,27-,28-,29-,32-,33-,34?,35?/m1/s1. The normalized spacial score (nSPS) is 40.8. The number of benzene rings is 1. The first-order valence-corrected chi connectivity index (χ1v) is 16.1. The Morgan fingerprint density at radius 3 is 2.37 bits per heavy atom. The molecule has 0 amide bonds. The molecular formula is C35H47N3O3. The number of allylic oxidation sites excluding steroid dienone is 3. The Bertz CT molecular complexity index is 1530. The van der Waals surface area contributed by atoms with Gasteiger partial charge < -0.3 is 5.11 Å². The Hall–Kier alpha value is -2.60. The van der Waals surface area contributed by atoms with Crippen LogP contribution in [0.4, 0.5) is 0 Å². The predicted octanol–water partition coefficient (Wildman–Crippen LogP) is 6.01. The fraction of sp³-hybridized carbons (Fsp3) is 0.657. The van der Waals surface area contributed by atoms with Gasteiger partial charge in [-0.05, 0) is 72.8 Å². The lowest BCUT2D eigenvalue weighted by Crippen LogP contribution is -2.75. The molecule has 6 aliphatic rings. The topological polar surface area (TPSA) is 69.2 Å². The van der Waals surface area contributed by atoms with Gasteiger partial charge in [-0.3, -0.25) is 0 Å². The highest BCUT2D eigenvalue weighted by atomic mass is 16.3. The number of hydrogen-bond acceptors (Lipinski definition) is 3. The summed E-state index contributed by atoms with van der Waals surface area (Å²) < 4.78 is 5.10. The Morgan fingerprint density at radius 2 is 1.63 bits per heavy atom. The van der Waals surface area contributed by atoms with Crippen molar-refractivity contribution in [3.05, 3.63) is 75.6 Å². The van der Waals surface area contributed by atoms with E-state index in [-0.39, 0.29) is 34.0 Å². The van der Waals surface area contributed by atoms with Gasteiger partial charge in [0.25, 0.3) is 0 Å². The molecule has 2 bridgehead atoms. The van der Waals surface area contributed by atoms with E-state index in [1.807, 2.05) is 41.1 Å². The summed E-state index contributed by atoms with van der Waals surface area (Å²) in [7, 11) is 0. The molecule has 6 nitrogen and oxygen atoms in total. The van der Waals surface area contributed by atoms with Crippen LogP contribution < -0.4 is 11.4 Å². The average Bonchev–Trinajstić information content (AvgIpc) is 3.44. The molecule has 2 unspecified atom stereocenters. The van der Waals surface area contributed by atoms with Crippen LogP contribution >= 0.6 is 0 Å². The molecular weight excluding hydrogens is 510 g/mol. The highest BCUT2D eigenvalue weighted by molar-refractivity contribution is 5.41. The number of para-hydroxylation sites is 1. The van der Waals surface area contributed by atoms with Gasteiger partial charge in [-0.25, -0.2) is 23.5 Å². The van der Waals surface area contributed by atoms with Gasteiger partial charge >= 0.3 is 11.4 Å². The number of aliphatic hydroxyl groups is 1. The monoisotopic (exact) mass is 557 g/mol. The van der Waals surface area contributed by atoms with Gasteiger partial charge in [0.2, 0.25) is 0 Å². The number of rotatable bonds is 6. The van der Waals surface area contributed by atoms with Crippen molar-refractivity contribution < 1.29 is 5.11 Å². The second-order valence-electron chi connectivity index (χ2n) is 15.1. The van der Waals surface area contributed by atoms with Gasteiger partial charge in [0.15, 0.2) is 0 Å². The molecule has 2 spiro atoms. The zero-order valence-corrected chi connectivity index (χ0v) is 25.4. The van der Waals surface area contributed by atoms with Gasteiger partial charge in [-0.2, -0.15) is 0 Å². The molecule has 2 saturated carbocycles. The minimum absolute atomic E-state index is 0.0961. The maximum Gasteiger partial charge on any atom is 0.352 e. The Balaban J connectivity index is 1.43. The molecule has 0 radical (unpaired) electrons. The molecule has 1 aromatic carbocycles. The molecule has 2 aromatic rings. The van der Waals surface area contributed by atoms with Gasteiger partial charge in [0.05, 0.1) is 22.9 Å². The lowest BCUT2D eigenvalue weighted by Gasteiger charge is -2.70. The van der Waals surface area contributed by atoms with Crippen molar-refractivity contribution in [2.24, 2.45) is 40.4 Å². The van der Waals surface area contributed by atoms with Crippen molar-refractivity contribution >= 4 is 0 Å². The van der Waals surface area contributed by atoms with Crippen LogP contribution in [0.3, 0.4) is 0 Å². The Kier molecular flexibility index (Phi) is 5.95. The van der Waals surface area contributed by atoms with E-state index in [1.54, 1.807) is 4.68 Å². The quantitative estimate of drug-likeness (QED) is 0.443. The predicted molar refractivity (Wildman–Crippen MR) is 162 cm³/mol. The molecule has 0 saturated heterocycles. The summed E-state index contributed by atoms with van der Waals surface area (Å²) in [6.45, 7) is 11.9. The molecule has 8 rings (SSSR count). The van der Waals surface area contributed by atoms with Crippen LogP contribution in [0.25, 0.3) is 5.69 Å². The molecule has 3 heterocycles. The average molecular weight is 558 g/mol. The van der Waals surface area contributed by atoms with Crippen LogP contribution in [0.15, 0.2) is 64.2 Å². The van der Waals surface area contributed by atoms with E-state index in [4.69, 9.17) is 0 Å². The van der Waals surface area contributed by atoms with Crippen molar-refractivity contribution in [2.75, 3.05) is 0 Å². The molecule has 1 aromatic heterocycles. The number of aliphatic hydroxyl groups excluding tert-OH is 1. The van der Waals surface area contributed by atoms with Crippen molar-refractivity contribution in [3.63, 3.8) is 0 Å². The minimum atomic E-state index is -0.778. The van der Waals surface area contributed by atoms with E-state index >= 15 is 0 Å². The molecule has 2 fully saturated rings. The van der Waals surface area contributed by atoms with E-state index in [2.05, 4.69) is 52.8 Å². The molecule has 1 N–H and O–H groups in total. The molecule has 41 heavy (non-hydrogen) atoms. The maximum absolute atomic E-state index is 14.6. The highest BCUT2D eigenvalue weighted by Crippen LogP contribution is 2.73. The van der Waals surface area contributed by atoms with E-state index in [0.717, 1.165) is 25.2 Å². The van der Waals surface area contributed by atoms with Crippen LogP contribution in [0.2, 0.25) is 0 Å². The van der Waals surface area contributed by atoms with E-state index in [0.29, 0.717) is 23.9 Å². The number of fused-ring (bicyclic) bond motifs is 1. The SMILES string of the molecule is CC(C)CCC[C@@H](C)[C@H]1CC[C@H]2C34C=CC5(C[C@@H](O)C=C[C@]5(C)[C@H]3CC[C@]12C)n1c(=O)n(-c2ccccc2)c(=O)n14. The summed E-state index contributed by atoms with van der Waals surface area (Å²) >= 11 is 0. The molecule has 220 valence electrons. The Morgan fingerprint density at radius 1 is 0.902 bits per heavy atom. The van der Waals surface area contributed by atoms with Crippen molar-refractivity contribution in [3.8, 4) is 5.69 Å². The fourth-order valence-electron chi connectivity index (χ4n) is 11.0. The summed E-state index contributed by atoms with van der Waals surface area (Å²) in [6, 6.07) is 9.37. The van der Waals surface area contributed by atoms with Gasteiger partial charge in [-0.15, -0.1) is 0 Å². The third-order valence-electron chi connectivity index (χ3n) is 12.8. The zero-order chi connectivity index (χ0) is 28.9. The number of aromatic nitrogens is 3. The maximum atomic E-state index is 14.6. The van der Waals surface area contributed by atoms with Crippen molar-refractivity contribution in [1.29, 1.82) is 0 Å². The van der Waals surface area contributed by atoms with Crippen LogP contribution in [0.1, 0.15) is 86.0 Å². The third kappa shape index (κ3) is 3.29. The lowest BCUT2D eigenvalue weighted by atomic mass is 9.41. The van der Waals surface area contributed by atoms with Crippen molar-refractivity contribution in [2.45, 2.75) is 103 Å². The zero-order valence-electron chi connectivity index (χ0n) is 25.4. The van der Waals surface area contributed by atoms with Crippen LogP contribution in [0.5, 0.6) is 0 Å².